The Labute approximate surface area is 160 Å². The molecule has 6 heteroatoms. The zero-order chi connectivity index (χ0) is 19.4. The lowest BCUT2D eigenvalue weighted by Crippen LogP contribution is -2.40. The Morgan fingerprint density at radius 3 is 2.59 bits per heavy atom. The number of amides is 1. The molecule has 1 fully saturated rings. The summed E-state index contributed by atoms with van der Waals surface area (Å²) in [5, 5.41) is 9.20. The van der Waals surface area contributed by atoms with Crippen molar-refractivity contribution in [2.24, 2.45) is 5.73 Å². The van der Waals surface area contributed by atoms with E-state index in [1.54, 1.807) is 12.3 Å². The van der Waals surface area contributed by atoms with E-state index in [0.29, 0.717) is 17.3 Å². The summed E-state index contributed by atoms with van der Waals surface area (Å²) in [4.78, 5) is 18.7. The van der Waals surface area contributed by atoms with Gasteiger partial charge in [-0.15, -0.1) is 0 Å². The van der Waals surface area contributed by atoms with E-state index in [1.807, 2.05) is 19.1 Å². The lowest BCUT2D eigenvalue weighted by Gasteiger charge is -2.36. The third-order valence-electron chi connectivity index (χ3n) is 5.25. The third-order valence-corrected chi connectivity index (χ3v) is 5.25. The van der Waals surface area contributed by atoms with Crippen molar-refractivity contribution in [1.29, 1.82) is 0 Å². The second-order valence-electron chi connectivity index (χ2n) is 6.86. The number of hydrogen-bond acceptors (Lipinski definition) is 5. The number of hydrogen-bond donors (Lipinski definition) is 2. The fourth-order valence-corrected chi connectivity index (χ4v) is 3.73. The number of nitrogens with two attached hydrogens (primary N) is 1. The number of pyridine rings is 1. The predicted molar refractivity (Wildman–Crippen MR) is 106 cm³/mol. The molecule has 144 valence electrons. The molecule has 2 heterocycles. The highest BCUT2D eigenvalue weighted by molar-refractivity contribution is 5.97. The van der Waals surface area contributed by atoms with Crippen LogP contribution in [0.25, 0.3) is 11.1 Å². The Balaban J connectivity index is 2.08. The Morgan fingerprint density at radius 2 is 2.04 bits per heavy atom. The summed E-state index contributed by atoms with van der Waals surface area (Å²) in [5.74, 6) is -0.432. The summed E-state index contributed by atoms with van der Waals surface area (Å²) in [6, 6.07) is 8.01. The molecule has 1 amide bonds. The van der Waals surface area contributed by atoms with Gasteiger partial charge in [0.1, 0.15) is 0 Å². The summed E-state index contributed by atoms with van der Waals surface area (Å²) in [6.45, 7) is 6.34. The highest BCUT2D eigenvalue weighted by Gasteiger charge is 2.24. The first-order chi connectivity index (χ1) is 13.0. The number of nitrogens with zero attached hydrogens (tertiary/aromatic N) is 2. The van der Waals surface area contributed by atoms with Gasteiger partial charge in [0.05, 0.1) is 12.3 Å². The molecule has 0 atom stereocenters. The summed E-state index contributed by atoms with van der Waals surface area (Å²) in [6.07, 6.45) is 3.65. The van der Waals surface area contributed by atoms with E-state index < -0.39 is 5.91 Å². The Morgan fingerprint density at radius 1 is 1.30 bits per heavy atom. The van der Waals surface area contributed by atoms with Gasteiger partial charge in [0.25, 0.3) is 0 Å². The SMILES string of the molecule is CCN(c1cc(-c2ccc(CO)nc2)cc(C(N)=O)c1C)C1CCOCC1. The van der Waals surface area contributed by atoms with Crippen LogP contribution in [0.3, 0.4) is 0 Å². The van der Waals surface area contributed by atoms with Crippen molar-refractivity contribution in [2.75, 3.05) is 24.7 Å². The minimum atomic E-state index is -0.432. The second kappa shape index (κ2) is 8.50. The molecular weight excluding hydrogens is 342 g/mol. The molecule has 2 aromatic rings. The van der Waals surface area contributed by atoms with Crippen LogP contribution in [0.4, 0.5) is 5.69 Å². The molecule has 6 nitrogen and oxygen atoms in total. The molecule has 3 rings (SSSR count). The van der Waals surface area contributed by atoms with Crippen LogP contribution >= 0.6 is 0 Å². The van der Waals surface area contributed by atoms with Crippen molar-refractivity contribution in [3.8, 4) is 11.1 Å². The van der Waals surface area contributed by atoms with Gasteiger partial charge in [-0.1, -0.05) is 6.07 Å². The topological polar surface area (TPSA) is 88.7 Å². The average molecular weight is 369 g/mol. The van der Waals surface area contributed by atoms with Crippen LogP contribution < -0.4 is 10.6 Å². The van der Waals surface area contributed by atoms with Crippen LogP contribution in [0.15, 0.2) is 30.5 Å². The second-order valence-corrected chi connectivity index (χ2v) is 6.86. The van der Waals surface area contributed by atoms with Crippen LogP contribution in [0.2, 0.25) is 0 Å². The maximum Gasteiger partial charge on any atom is 0.249 e. The lowest BCUT2D eigenvalue weighted by atomic mass is 9.96. The molecule has 0 radical (unpaired) electrons. The van der Waals surface area contributed by atoms with E-state index in [9.17, 15) is 9.90 Å². The van der Waals surface area contributed by atoms with Gasteiger partial charge in [0.15, 0.2) is 0 Å². The van der Waals surface area contributed by atoms with Crippen LogP contribution in [-0.2, 0) is 11.3 Å². The number of anilines is 1. The zero-order valence-electron chi connectivity index (χ0n) is 15.9. The molecule has 0 unspecified atom stereocenters. The third kappa shape index (κ3) is 4.12. The smallest absolute Gasteiger partial charge is 0.249 e. The molecule has 1 aliphatic heterocycles. The minimum Gasteiger partial charge on any atom is -0.390 e. The molecular formula is C21H27N3O3. The normalized spacial score (nSPS) is 14.9. The van der Waals surface area contributed by atoms with Gasteiger partial charge < -0.3 is 20.5 Å². The summed E-state index contributed by atoms with van der Waals surface area (Å²) in [5.41, 5.74) is 10.5. The van der Waals surface area contributed by atoms with Crippen molar-refractivity contribution >= 4 is 11.6 Å². The number of aliphatic hydroxyl groups excluding tert-OH is 1. The maximum absolute atomic E-state index is 12.1. The fourth-order valence-electron chi connectivity index (χ4n) is 3.73. The van der Waals surface area contributed by atoms with Crippen LogP contribution in [0.1, 0.15) is 41.4 Å². The van der Waals surface area contributed by atoms with E-state index in [0.717, 1.165) is 55.0 Å². The average Bonchev–Trinajstić information content (AvgIpc) is 2.70. The first-order valence-electron chi connectivity index (χ1n) is 9.40. The van der Waals surface area contributed by atoms with E-state index in [1.165, 1.54) is 0 Å². The first kappa shape index (κ1) is 19.3. The number of aromatic nitrogens is 1. The van der Waals surface area contributed by atoms with Gasteiger partial charge in [-0.25, -0.2) is 0 Å². The van der Waals surface area contributed by atoms with E-state index in [-0.39, 0.29) is 6.61 Å². The Hall–Kier alpha value is -2.44. The number of benzene rings is 1. The van der Waals surface area contributed by atoms with E-state index >= 15 is 0 Å². The van der Waals surface area contributed by atoms with Gasteiger partial charge in [-0.05, 0) is 56.0 Å². The van der Waals surface area contributed by atoms with Gasteiger partial charge in [-0.2, -0.15) is 0 Å². The molecule has 0 saturated carbocycles. The van der Waals surface area contributed by atoms with Gasteiger partial charge in [0.2, 0.25) is 5.91 Å². The number of carbonyl (C=O) groups excluding carboxylic acids is 1. The van der Waals surface area contributed by atoms with Crippen LogP contribution in [0.5, 0.6) is 0 Å². The standard InChI is InChI=1S/C21H27N3O3/c1-3-24(18-6-8-27-9-7-18)20-11-16(10-19(14(20)2)21(22)26)15-4-5-17(13-25)23-12-15/h4-5,10-12,18,25H,3,6-9,13H2,1-2H3,(H2,22,26). The number of aliphatic hydroxyl groups is 1. The van der Waals surface area contributed by atoms with E-state index in [4.69, 9.17) is 10.5 Å². The summed E-state index contributed by atoms with van der Waals surface area (Å²) in [7, 11) is 0. The van der Waals surface area contributed by atoms with Gasteiger partial charge in [0, 0.05) is 48.8 Å². The van der Waals surface area contributed by atoms with Crippen molar-refractivity contribution in [2.45, 2.75) is 39.3 Å². The Bertz CT molecular complexity index is 799. The van der Waals surface area contributed by atoms with Crippen molar-refractivity contribution in [3.63, 3.8) is 0 Å². The van der Waals surface area contributed by atoms with Crippen molar-refractivity contribution < 1.29 is 14.6 Å². The predicted octanol–water partition coefficient (Wildman–Crippen LogP) is 2.65. The highest BCUT2D eigenvalue weighted by atomic mass is 16.5. The van der Waals surface area contributed by atoms with Crippen LogP contribution in [-0.4, -0.2) is 41.8 Å². The number of rotatable bonds is 6. The number of ether oxygens (including phenoxy) is 1. The lowest BCUT2D eigenvalue weighted by molar-refractivity contribution is 0.0846. The van der Waals surface area contributed by atoms with Gasteiger partial charge in [-0.3, -0.25) is 9.78 Å². The first-order valence-corrected chi connectivity index (χ1v) is 9.40. The van der Waals surface area contributed by atoms with Crippen molar-refractivity contribution in [1.82, 2.24) is 4.98 Å². The summed E-state index contributed by atoms with van der Waals surface area (Å²) < 4.78 is 5.51. The zero-order valence-corrected chi connectivity index (χ0v) is 15.9. The van der Waals surface area contributed by atoms with E-state index in [2.05, 4.69) is 22.9 Å². The van der Waals surface area contributed by atoms with Crippen LogP contribution in [0, 0.1) is 6.92 Å². The quantitative estimate of drug-likeness (QED) is 0.817. The maximum atomic E-state index is 12.1. The molecule has 1 aliphatic rings. The molecule has 1 aromatic heterocycles. The molecule has 3 N–H and O–H groups in total. The molecule has 0 bridgehead atoms. The molecule has 27 heavy (non-hydrogen) atoms. The fraction of sp³-hybridized carbons (Fsp3) is 0.429. The highest BCUT2D eigenvalue weighted by Crippen LogP contribution is 2.33. The largest absolute Gasteiger partial charge is 0.390 e. The molecule has 1 aromatic carbocycles. The molecule has 0 spiro atoms. The minimum absolute atomic E-state index is 0.0979. The number of primary amides is 1. The molecule has 0 aliphatic carbocycles. The van der Waals surface area contributed by atoms with Gasteiger partial charge >= 0.3 is 0 Å². The monoisotopic (exact) mass is 369 g/mol. The summed E-state index contributed by atoms with van der Waals surface area (Å²) >= 11 is 0. The van der Waals surface area contributed by atoms with Crippen molar-refractivity contribution in [3.05, 3.63) is 47.3 Å². The Kier molecular flexibility index (Phi) is 6.08. The number of carbonyl (C=O) groups is 1. The molecule has 1 saturated heterocycles.